The minimum atomic E-state index is -0.948. The Balaban J connectivity index is 2.84. The molecule has 7 nitrogen and oxygen atoms in total. The third-order valence-corrected chi connectivity index (χ3v) is 3.93. The lowest BCUT2D eigenvalue weighted by atomic mass is 10.2. The molecule has 3 N–H and O–H groups in total. The van der Waals surface area contributed by atoms with Gasteiger partial charge in [-0.05, 0) is 26.7 Å². The largest absolute Gasteiger partial charge is 0.481 e. The Morgan fingerprint density at radius 3 is 2.29 bits per heavy atom. The Hall–Kier alpha value is -1.79. The van der Waals surface area contributed by atoms with E-state index >= 15 is 0 Å². The predicted octanol–water partition coefficient (Wildman–Crippen LogP) is 1.02. The summed E-state index contributed by atoms with van der Waals surface area (Å²) in [6, 6.07) is -0.690. The van der Waals surface area contributed by atoms with Gasteiger partial charge in [0.15, 0.2) is 0 Å². The number of nitrogens with zero attached hydrogens (tertiary/aromatic N) is 2. The maximum atomic E-state index is 12.7. The van der Waals surface area contributed by atoms with E-state index in [1.165, 1.54) is 9.80 Å². The Labute approximate surface area is 125 Å². The van der Waals surface area contributed by atoms with Gasteiger partial charge in [0.2, 0.25) is 5.91 Å². The molecule has 1 aliphatic rings. The molecule has 21 heavy (non-hydrogen) atoms. The van der Waals surface area contributed by atoms with E-state index in [1.54, 1.807) is 13.8 Å². The molecule has 0 aromatic rings. The van der Waals surface area contributed by atoms with Crippen molar-refractivity contribution in [2.24, 2.45) is 5.73 Å². The first-order valence-electron chi connectivity index (χ1n) is 7.44. The fraction of sp³-hybridized carbons (Fsp3) is 0.786. The van der Waals surface area contributed by atoms with Crippen molar-refractivity contribution in [1.29, 1.82) is 0 Å². The molecule has 0 saturated heterocycles. The van der Waals surface area contributed by atoms with E-state index in [-0.39, 0.29) is 25.0 Å². The Morgan fingerprint density at radius 2 is 1.86 bits per heavy atom. The van der Waals surface area contributed by atoms with Crippen LogP contribution in [0.4, 0.5) is 4.79 Å². The molecule has 1 unspecified atom stereocenters. The highest BCUT2D eigenvalue weighted by Gasteiger charge is 2.32. The standard InChI is InChI=1S/C14H25N3O4/c1-3-16(10(2)8-13(19)20)14(21)17(9-12(15)18)11-6-4-5-7-11/h10-11H,3-9H2,1-2H3,(H2,15,18)(H,19,20). The average molecular weight is 299 g/mol. The van der Waals surface area contributed by atoms with E-state index in [4.69, 9.17) is 10.8 Å². The van der Waals surface area contributed by atoms with Gasteiger partial charge in [-0.25, -0.2) is 4.79 Å². The highest BCUT2D eigenvalue weighted by atomic mass is 16.4. The molecule has 0 aromatic carbocycles. The van der Waals surface area contributed by atoms with Crippen LogP contribution in [0.2, 0.25) is 0 Å². The van der Waals surface area contributed by atoms with E-state index in [9.17, 15) is 14.4 Å². The van der Waals surface area contributed by atoms with E-state index in [1.807, 2.05) is 0 Å². The number of rotatable bonds is 7. The number of aliphatic carboxylic acids is 1. The second kappa shape index (κ2) is 7.85. The molecule has 3 amide bonds. The van der Waals surface area contributed by atoms with Crippen molar-refractivity contribution in [2.45, 2.75) is 58.0 Å². The van der Waals surface area contributed by atoms with Gasteiger partial charge in [-0.1, -0.05) is 12.8 Å². The van der Waals surface area contributed by atoms with Crippen molar-refractivity contribution in [2.75, 3.05) is 13.1 Å². The first kappa shape index (κ1) is 17.3. The van der Waals surface area contributed by atoms with Crippen LogP contribution in [0.25, 0.3) is 0 Å². The van der Waals surface area contributed by atoms with Crippen molar-refractivity contribution in [3.63, 3.8) is 0 Å². The van der Waals surface area contributed by atoms with Crippen molar-refractivity contribution < 1.29 is 19.5 Å². The Morgan fingerprint density at radius 1 is 1.29 bits per heavy atom. The molecule has 1 saturated carbocycles. The molecule has 120 valence electrons. The van der Waals surface area contributed by atoms with E-state index in [0.717, 1.165) is 25.7 Å². The summed E-state index contributed by atoms with van der Waals surface area (Å²) in [4.78, 5) is 37.8. The second-order valence-electron chi connectivity index (χ2n) is 5.55. The summed E-state index contributed by atoms with van der Waals surface area (Å²) >= 11 is 0. The number of carbonyl (C=O) groups is 3. The van der Waals surface area contributed by atoms with Crippen LogP contribution in [0.3, 0.4) is 0 Å². The summed E-state index contributed by atoms with van der Waals surface area (Å²) in [5.41, 5.74) is 5.25. The first-order valence-corrected chi connectivity index (χ1v) is 7.44. The van der Waals surface area contributed by atoms with E-state index in [0.29, 0.717) is 6.54 Å². The molecule has 1 atom stereocenters. The van der Waals surface area contributed by atoms with Gasteiger partial charge in [-0.15, -0.1) is 0 Å². The zero-order chi connectivity index (χ0) is 16.0. The summed E-state index contributed by atoms with van der Waals surface area (Å²) in [5, 5.41) is 8.88. The number of amides is 3. The highest BCUT2D eigenvalue weighted by molar-refractivity contribution is 5.83. The number of carbonyl (C=O) groups excluding carboxylic acids is 2. The van der Waals surface area contributed by atoms with Gasteiger partial charge < -0.3 is 20.6 Å². The van der Waals surface area contributed by atoms with Crippen LogP contribution in [-0.2, 0) is 9.59 Å². The molecular weight excluding hydrogens is 274 g/mol. The monoisotopic (exact) mass is 299 g/mol. The minimum absolute atomic E-state index is 0.0241. The molecule has 0 spiro atoms. The van der Waals surface area contributed by atoms with Crippen molar-refractivity contribution in [3.8, 4) is 0 Å². The van der Waals surface area contributed by atoms with Crippen LogP contribution in [0.1, 0.15) is 46.0 Å². The van der Waals surface area contributed by atoms with Gasteiger partial charge in [-0.2, -0.15) is 0 Å². The molecule has 1 rings (SSSR count). The summed E-state index contributed by atoms with van der Waals surface area (Å²) in [7, 11) is 0. The van der Waals surface area contributed by atoms with E-state index < -0.39 is 17.9 Å². The summed E-state index contributed by atoms with van der Waals surface area (Å²) in [6.07, 6.45) is 3.68. The fourth-order valence-electron chi connectivity index (χ4n) is 2.90. The lowest BCUT2D eigenvalue weighted by Gasteiger charge is -2.36. The third-order valence-electron chi connectivity index (χ3n) is 3.93. The number of urea groups is 1. The molecule has 0 heterocycles. The summed E-state index contributed by atoms with van der Waals surface area (Å²) in [6.45, 7) is 3.79. The number of hydrogen-bond acceptors (Lipinski definition) is 3. The Bertz CT molecular complexity index is 394. The summed E-state index contributed by atoms with van der Waals surface area (Å²) in [5.74, 6) is -1.49. The van der Waals surface area contributed by atoms with Crippen LogP contribution >= 0.6 is 0 Å². The second-order valence-corrected chi connectivity index (χ2v) is 5.55. The van der Waals surface area contributed by atoms with Crippen LogP contribution in [0, 0.1) is 0 Å². The number of nitrogens with two attached hydrogens (primary N) is 1. The molecule has 0 aromatic heterocycles. The maximum absolute atomic E-state index is 12.7. The van der Waals surface area contributed by atoms with Crippen LogP contribution in [0.5, 0.6) is 0 Å². The molecule has 1 aliphatic carbocycles. The van der Waals surface area contributed by atoms with Crippen LogP contribution < -0.4 is 5.73 Å². The average Bonchev–Trinajstić information content (AvgIpc) is 2.89. The first-order chi connectivity index (χ1) is 9.86. The topological polar surface area (TPSA) is 104 Å². The quantitative estimate of drug-likeness (QED) is 0.732. The molecular formula is C14H25N3O4. The third kappa shape index (κ3) is 4.91. The lowest BCUT2D eigenvalue weighted by molar-refractivity contribution is -0.138. The molecule has 0 bridgehead atoms. The van der Waals surface area contributed by atoms with Gasteiger partial charge >= 0.3 is 12.0 Å². The van der Waals surface area contributed by atoms with Crippen molar-refractivity contribution in [1.82, 2.24) is 9.80 Å². The molecule has 0 radical (unpaired) electrons. The van der Waals surface area contributed by atoms with Crippen molar-refractivity contribution >= 4 is 17.9 Å². The maximum Gasteiger partial charge on any atom is 0.320 e. The number of primary amides is 1. The zero-order valence-corrected chi connectivity index (χ0v) is 12.7. The number of carboxylic acid groups (broad SMARTS) is 1. The fourth-order valence-corrected chi connectivity index (χ4v) is 2.90. The minimum Gasteiger partial charge on any atom is -0.481 e. The number of hydrogen-bond donors (Lipinski definition) is 2. The Kier molecular flexibility index (Phi) is 6.45. The lowest BCUT2D eigenvalue weighted by Crippen LogP contribution is -2.53. The predicted molar refractivity (Wildman–Crippen MR) is 77.6 cm³/mol. The summed E-state index contributed by atoms with van der Waals surface area (Å²) < 4.78 is 0. The van der Waals surface area contributed by atoms with Gasteiger partial charge in [0.05, 0.1) is 6.42 Å². The zero-order valence-electron chi connectivity index (χ0n) is 12.7. The molecule has 0 aliphatic heterocycles. The normalized spacial score (nSPS) is 16.5. The number of carboxylic acids is 1. The SMILES string of the molecule is CCN(C(=O)N(CC(N)=O)C1CCCC1)C(C)CC(=O)O. The van der Waals surface area contributed by atoms with Gasteiger partial charge in [-0.3, -0.25) is 9.59 Å². The van der Waals surface area contributed by atoms with Gasteiger partial charge in [0, 0.05) is 18.6 Å². The molecule has 7 heteroatoms. The van der Waals surface area contributed by atoms with Gasteiger partial charge in [0.25, 0.3) is 0 Å². The van der Waals surface area contributed by atoms with Crippen molar-refractivity contribution in [3.05, 3.63) is 0 Å². The van der Waals surface area contributed by atoms with Gasteiger partial charge in [0.1, 0.15) is 6.54 Å². The molecule has 1 fully saturated rings. The highest BCUT2D eigenvalue weighted by Crippen LogP contribution is 2.25. The van der Waals surface area contributed by atoms with E-state index in [2.05, 4.69) is 0 Å². The van der Waals surface area contributed by atoms with Crippen LogP contribution in [0.15, 0.2) is 0 Å². The van der Waals surface area contributed by atoms with Crippen LogP contribution in [-0.4, -0.2) is 58.0 Å². The smallest absolute Gasteiger partial charge is 0.320 e.